The zero-order valence-corrected chi connectivity index (χ0v) is 21.1. The minimum atomic E-state index is -3.97. The summed E-state index contributed by atoms with van der Waals surface area (Å²) in [5.74, 6) is 0.145. The van der Waals surface area contributed by atoms with E-state index in [0.29, 0.717) is 18.0 Å². The van der Waals surface area contributed by atoms with Gasteiger partial charge in [0.15, 0.2) is 0 Å². The van der Waals surface area contributed by atoms with E-state index >= 15 is 0 Å². The molecular formula is C29H27N3O4S. The van der Waals surface area contributed by atoms with Crippen LogP contribution in [-0.2, 0) is 21.4 Å². The lowest BCUT2D eigenvalue weighted by molar-refractivity contribution is -0.119. The van der Waals surface area contributed by atoms with Crippen molar-refractivity contribution in [3.05, 3.63) is 126 Å². The Morgan fingerprint density at radius 3 is 2.16 bits per heavy atom. The van der Waals surface area contributed by atoms with Crippen molar-refractivity contribution in [3.63, 3.8) is 0 Å². The maximum atomic E-state index is 13.4. The Balaban J connectivity index is 1.41. The zero-order chi connectivity index (χ0) is 26.1. The Bertz CT molecular complexity index is 1460. The van der Waals surface area contributed by atoms with E-state index in [-0.39, 0.29) is 4.90 Å². The average Bonchev–Trinajstić information content (AvgIpc) is 2.93. The van der Waals surface area contributed by atoms with Gasteiger partial charge in [-0.05, 0) is 66.1 Å². The molecular weight excluding hydrogens is 486 g/mol. The van der Waals surface area contributed by atoms with Crippen LogP contribution in [0.25, 0.3) is 0 Å². The number of nitrogens with zero attached hydrogens (tertiary/aromatic N) is 2. The molecule has 1 amide bonds. The molecule has 0 atom stereocenters. The monoisotopic (exact) mass is 513 g/mol. The number of amides is 1. The number of sulfonamides is 1. The Kier molecular flexibility index (Phi) is 8.33. The Morgan fingerprint density at radius 1 is 0.865 bits per heavy atom. The number of benzene rings is 4. The molecule has 0 spiro atoms. The first-order valence-electron chi connectivity index (χ1n) is 11.7. The molecule has 0 bridgehead atoms. The molecule has 8 heteroatoms. The maximum Gasteiger partial charge on any atom is 0.264 e. The van der Waals surface area contributed by atoms with Gasteiger partial charge in [0.2, 0.25) is 0 Å². The van der Waals surface area contributed by atoms with Crippen molar-refractivity contribution >= 4 is 27.8 Å². The molecule has 0 aliphatic heterocycles. The van der Waals surface area contributed by atoms with E-state index in [1.54, 1.807) is 43.3 Å². The van der Waals surface area contributed by atoms with Crippen molar-refractivity contribution < 1.29 is 17.9 Å². The first kappa shape index (κ1) is 25.7. The number of hydrogen-bond acceptors (Lipinski definition) is 5. The highest BCUT2D eigenvalue weighted by molar-refractivity contribution is 7.92. The van der Waals surface area contributed by atoms with Crippen LogP contribution in [0.15, 0.2) is 119 Å². The molecule has 0 saturated carbocycles. The van der Waals surface area contributed by atoms with Gasteiger partial charge in [0.25, 0.3) is 15.9 Å². The average molecular weight is 514 g/mol. The fourth-order valence-corrected chi connectivity index (χ4v) is 5.10. The van der Waals surface area contributed by atoms with Crippen LogP contribution in [0.1, 0.15) is 16.7 Å². The molecule has 0 unspecified atom stereocenters. The van der Waals surface area contributed by atoms with E-state index < -0.39 is 22.5 Å². The van der Waals surface area contributed by atoms with Gasteiger partial charge in [0.1, 0.15) is 18.9 Å². The third-order valence-corrected chi connectivity index (χ3v) is 7.31. The highest BCUT2D eigenvalue weighted by Gasteiger charge is 2.27. The predicted molar refractivity (Wildman–Crippen MR) is 145 cm³/mol. The summed E-state index contributed by atoms with van der Waals surface area (Å²) in [6, 6.07) is 32.2. The Labute approximate surface area is 217 Å². The molecule has 7 nitrogen and oxygen atoms in total. The van der Waals surface area contributed by atoms with Gasteiger partial charge in [-0.25, -0.2) is 13.8 Å². The first-order chi connectivity index (χ1) is 17.9. The summed E-state index contributed by atoms with van der Waals surface area (Å²) in [5.41, 5.74) is 5.41. The molecule has 0 radical (unpaired) electrons. The van der Waals surface area contributed by atoms with Crippen molar-refractivity contribution in [2.75, 3.05) is 10.8 Å². The summed E-state index contributed by atoms with van der Waals surface area (Å²) in [6.45, 7) is 1.84. The number of hydrogen-bond donors (Lipinski definition) is 1. The van der Waals surface area contributed by atoms with E-state index in [1.807, 2.05) is 60.7 Å². The second-order valence-corrected chi connectivity index (χ2v) is 10.1. The number of anilines is 1. The van der Waals surface area contributed by atoms with Gasteiger partial charge in [-0.15, -0.1) is 0 Å². The van der Waals surface area contributed by atoms with E-state index in [1.165, 1.54) is 18.3 Å². The molecule has 1 N–H and O–H groups in total. The smallest absolute Gasteiger partial charge is 0.264 e. The summed E-state index contributed by atoms with van der Waals surface area (Å²) in [4.78, 5) is 12.8. The summed E-state index contributed by atoms with van der Waals surface area (Å²) >= 11 is 0. The lowest BCUT2D eigenvalue weighted by atomic mass is 10.2. The van der Waals surface area contributed by atoms with Crippen LogP contribution < -0.4 is 14.5 Å². The number of carbonyl (C=O) groups excluding carboxylic acids is 1. The van der Waals surface area contributed by atoms with Gasteiger partial charge < -0.3 is 4.74 Å². The van der Waals surface area contributed by atoms with Crippen molar-refractivity contribution in [2.45, 2.75) is 18.4 Å². The van der Waals surface area contributed by atoms with Crippen molar-refractivity contribution in [2.24, 2.45) is 5.10 Å². The van der Waals surface area contributed by atoms with Gasteiger partial charge in [0.05, 0.1) is 16.8 Å². The number of rotatable bonds is 10. The number of nitrogens with one attached hydrogen (secondary N) is 1. The number of carbonyl (C=O) groups is 1. The minimum Gasteiger partial charge on any atom is -0.489 e. The van der Waals surface area contributed by atoms with E-state index in [9.17, 15) is 13.2 Å². The third-order valence-electron chi connectivity index (χ3n) is 5.53. The molecule has 188 valence electrons. The van der Waals surface area contributed by atoms with Crippen LogP contribution in [-0.4, -0.2) is 27.1 Å². The molecule has 0 aromatic heterocycles. The van der Waals surface area contributed by atoms with Crippen LogP contribution in [0, 0.1) is 6.92 Å². The summed E-state index contributed by atoms with van der Waals surface area (Å²) in [7, 11) is -3.97. The second kappa shape index (κ2) is 12.0. The Hall–Kier alpha value is -4.43. The molecule has 0 heterocycles. The lowest BCUT2D eigenvalue weighted by Crippen LogP contribution is -2.40. The van der Waals surface area contributed by atoms with Gasteiger partial charge in [-0.3, -0.25) is 9.10 Å². The third kappa shape index (κ3) is 6.83. The molecule has 0 aliphatic carbocycles. The topological polar surface area (TPSA) is 88.1 Å². The van der Waals surface area contributed by atoms with Gasteiger partial charge in [-0.1, -0.05) is 66.7 Å². The number of para-hydroxylation sites is 1. The summed E-state index contributed by atoms with van der Waals surface area (Å²) < 4.78 is 33.6. The molecule has 4 aromatic rings. The highest BCUT2D eigenvalue weighted by atomic mass is 32.2. The molecule has 4 rings (SSSR count). The quantitative estimate of drug-likeness (QED) is 0.241. The predicted octanol–water partition coefficient (Wildman–Crippen LogP) is 4.92. The van der Waals surface area contributed by atoms with Crippen LogP contribution in [0.2, 0.25) is 0 Å². The molecule has 0 saturated heterocycles. The maximum absolute atomic E-state index is 13.4. The number of aryl methyl sites for hydroxylation is 1. The highest BCUT2D eigenvalue weighted by Crippen LogP contribution is 2.26. The summed E-state index contributed by atoms with van der Waals surface area (Å²) in [6.07, 6.45) is 1.49. The summed E-state index contributed by atoms with van der Waals surface area (Å²) in [5, 5.41) is 4.00. The zero-order valence-electron chi connectivity index (χ0n) is 20.3. The normalized spacial score (nSPS) is 11.3. The standard InChI is InChI=1S/C29H27N3O4S/c1-23-10-8-9-15-28(23)32(37(34,35)27-13-6-3-7-14-27)21-29(33)31-30-20-24-16-18-26(19-17-24)36-22-25-11-4-2-5-12-25/h2-20H,21-22H2,1H3,(H,31,33)/b30-20-. The fraction of sp³-hybridized carbons (Fsp3) is 0.103. The van der Waals surface area contributed by atoms with Crippen LogP contribution in [0.3, 0.4) is 0 Å². The molecule has 37 heavy (non-hydrogen) atoms. The van der Waals surface area contributed by atoms with Gasteiger partial charge in [-0.2, -0.15) is 5.10 Å². The van der Waals surface area contributed by atoms with Crippen molar-refractivity contribution in [3.8, 4) is 5.75 Å². The molecule has 0 fully saturated rings. The Morgan fingerprint density at radius 2 is 1.49 bits per heavy atom. The SMILES string of the molecule is Cc1ccccc1N(CC(=O)N/N=C\c1ccc(OCc2ccccc2)cc1)S(=O)(=O)c1ccccc1. The van der Waals surface area contributed by atoms with Crippen LogP contribution in [0.5, 0.6) is 5.75 Å². The van der Waals surface area contributed by atoms with Gasteiger partial charge >= 0.3 is 0 Å². The first-order valence-corrected chi connectivity index (χ1v) is 13.1. The van der Waals surface area contributed by atoms with Crippen LogP contribution >= 0.6 is 0 Å². The van der Waals surface area contributed by atoms with E-state index in [2.05, 4.69) is 10.5 Å². The van der Waals surface area contributed by atoms with E-state index in [0.717, 1.165) is 21.0 Å². The van der Waals surface area contributed by atoms with E-state index in [4.69, 9.17) is 4.74 Å². The fourth-order valence-electron chi connectivity index (χ4n) is 3.60. The lowest BCUT2D eigenvalue weighted by Gasteiger charge is -2.25. The van der Waals surface area contributed by atoms with Crippen molar-refractivity contribution in [1.29, 1.82) is 0 Å². The molecule has 4 aromatic carbocycles. The largest absolute Gasteiger partial charge is 0.489 e. The second-order valence-electron chi connectivity index (χ2n) is 8.25. The minimum absolute atomic E-state index is 0.101. The van der Waals surface area contributed by atoms with Gasteiger partial charge in [0, 0.05) is 0 Å². The molecule has 0 aliphatic rings. The number of hydrazone groups is 1. The van der Waals surface area contributed by atoms with Crippen molar-refractivity contribution in [1.82, 2.24) is 5.43 Å². The van der Waals surface area contributed by atoms with Crippen LogP contribution in [0.4, 0.5) is 5.69 Å². The number of ether oxygens (including phenoxy) is 1.